The normalized spacial score (nSPS) is 10.3. The molecule has 0 aliphatic carbocycles. The number of benzene rings is 1. The van der Waals surface area contributed by atoms with Crippen molar-refractivity contribution in [2.24, 2.45) is 7.05 Å². The lowest BCUT2D eigenvalue weighted by molar-refractivity contribution is 0.101. The van der Waals surface area contributed by atoms with Crippen molar-refractivity contribution in [3.8, 4) is 11.1 Å². The van der Waals surface area contributed by atoms with Crippen LogP contribution in [0.15, 0.2) is 30.6 Å². The minimum Gasteiger partial charge on any atom is -0.388 e. The third-order valence-corrected chi connectivity index (χ3v) is 2.70. The number of nitrogens with one attached hydrogen (secondary N) is 1. The second-order valence-electron chi connectivity index (χ2n) is 3.94. The average molecular weight is 229 g/mol. The molecule has 0 unspecified atom stereocenters. The summed E-state index contributed by atoms with van der Waals surface area (Å²) in [6, 6.07) is 5.77. The number of anilines is 1. The number of rotatable bonds is 3. The first kappa shape index (κ1) is 11.4. The van der Waals surface area contributed by atoms with Crippen LogP contribution in [-0.4, -0.2) is 22.6 Å². The van der Waals surface area contributed by atoms with Crippen LogP contribution < -0.4 is 5.32 Å². The van der Waals surface area contributed by atoms with Crippen molar-refractivity contribution in [2.45, 2.75) is 6.92 Å². The zero-order valence-electron chi connectivity index (χ0n) is 10.2. The molecule has 1 heterocycles. The molecule has 1 aromatic carbocycles. The molecule has 0 saturated heterocycles. The van der Waals surface area contributed by atoms with E-state index in [0.29, 0.717) is 5.56 Å². The van der Waals surface area contributed by atoms with Gasteiger partial charge in [-0.05, 0) is 18.6 Å². The van der Waals surface area contributed by atoms with Gasteiger partial charge in [-0.3, -0.25) is 9.48 Å². The minimum atomic E-state index is 0.0498. The average Bonchev–Trinajstić information content (AvgIpc) is 2.74. The molecule has 0 saturated carbocycles. The molecule has 0 radical (unpaired) electrons. The van der Waals surface area contributed by atoms with Gasteiger partial charge in [0.2, 0.25) is 0 Å². The number of nitrogens with zero attached hydrogens (tertiary/aromatic N) is 2. The fourth-order valence-electron chi connectivity index (χ4n) is 1.94. The van der Waals surface area contributed by atoms with Crippen LogP contribution in [0.5, 0.6) is 0 Å². The molecule has 1 aromatic heterocycles. The van der Waals surface area contributed by atoms with Gasteiger partial charge < -0.3 is 5.32 Å². The minimum absolute atomic E-state index is 0.0498. The van der Waals surface area contributed by atoms with Crippen LogP contribution in [0.2, 0.25) is 0 Å². The van der Waals surface area contributed by atoms with Gasteiger partial charge in [0.25, 0.3) is 0 Å². The third kappa shape index (κ3) is 2.06. The van der Waals surface area contributed by atoms with Crippen LogP contribution in [-0.2, 0) is 7.05 Å². The van der Waals surface area contributed by atoms with Gasteiger partial charge >= 0.3 is 0 Å². The molecular formula is C13H15N3O. The molecule has 0 spiro atoms. The van der Waals surface area contributed by atoms with Gasteiger partial charge in [-0.1, -0.05) is 12.1 Å². The largest absolute Gasteiger partial charge is 0.388 e. The number of aryl methyl sites for hydroxylation is 1. The number of carbonyl (C=O) groups excluding carboxylic acids is 1. The summed E-state index contributed by atoms with van der Waals surface area (Å²) in [5, 5.41) is 7.18. The van der Waals surface area contributed by atoms with Gasteiger partial charge in [0.05, 0.1) is 6.20 Å². The van der Waals surface area contributed by atoms with Crippen molar-refractivity contribution in [1.29, 1.82) is 0 Å². The second-order valence-corrected chi connectivity index (χ2v) is 3.94. The van der Waals surface area contributed by atoms with Gasteiger partial charge in [0.15, 0.2) is 5.78 Å². The van der Waals surface area contributed by atoms with Crippen molar-refractivity contribution < 1.29 is 4.79 Å². The first-order valence-corrected chi connectivity index (χ1v) is 5.44. The van der Waals surface area contributed by atoms with Gasteiger partial charge in [0.1, 0.15) is 0 Å². The molecule has 0 fully saturated rings. The highest BCUT2D eigenvalue weighted by Gasteiger charge is 2.14. The summed E-state index contributed by atoms with van der Waals surface area (Å²) in [4.78, 5) is 11.8. The summed E-state index contributed by atoms with van der Waals surface area (Å²) in [6.45, 7) is 1.58. The monoisotopic (exact) mass is 229 g/mol. The first-order chi connectivity index (χ1) is 8.13. The second kappa shape index (κ2) is 4.41. The summed E-state index contributed by atoms with van der Waals surface area (Å²) in [7, 11) is 3.67. The fourth-order valence-corrected chi connectivity index (χ4v) is 1.94. The number of Topliss-reactive ketones (excluding diaryl/α,β-unsaturated/α-hetero) is 1. The smallest absolute Gasteiger partial charge is 0.162 e. The highest BCUT2D eigenvalue weighted by molar-refractivity contribution is 6.05. The van der Waals surface area contributed by atoms with E-state index in [9.17, 15) is 4.79 Å². The summed E-state index contributed by atoms with van der Waals surface area (Å²) >= 11 is 0. The van der Waals surface area contributed by atoms with Crippen molar-refractivity contribution in [3.63, 3.8) is 0 Å². The zero-order valence-corrected chi connectivity index (χ0v) is 10.2. The topological polar surface area (TPSA) is 46.9 Å². The van der Waals surface area contributed by atoms with Crippen LogP contribution >= 0.6 is 0 Å². The van der Waals surface area contributed by atoms with E-state index in [2.05, 4.69) is 10.4 Å². The van der Waals surface area contributed by atoms with Crippen LogP contribution in [0.4, 0.5) is 5.69 Å². The standard InChI is InChI=1S/C13H15N3O/c1-9(17)13-11(5-4-6-12(13)14-2)10-7-15-16(3)8-10/h4-8,14H,1-3H3. The van der Waals surface area contributed by atoms with E-state index in [1.54, 1.807) is 17.8 Å². The molecule has 4 heteroatoms. The van der Waals surface area contributed by atoms with Crippen molar-refractivity contribution in [1.82, 2.24) is 9.78 Å². The highest BCUT2D eigenvalue weighted by atomic mass is 16.1. The van der Waals surface area contributed by atoms with Crippen LogP contribution in [0, 0.1) is 0 Å². The summed E-state index contributed by atoms with van der Waals surface area (Å²) < 4.78 is 1.73. The van der Waals surface area contributed by atoms with E-state index in [-0.39, 0.29) is 5.78 Å². The predicted molar refractivity (Wildman–Crippen MR) is 68.2 cm³/mol. The van der Waals surface area contributed by atoms with Gasteiger partial charge in [-0.2, -0.15) is 5.10 Å². The molecule has 2 aromatic rings. The molecule has 88 valence electrons. The molecule has 0 aliphatic heterocycles. The number of ketones is 1. The molecular weight excluding hydrogens is 214 g/mol. The van der Waals surface area contributed by atoms with Crippen molar-refractivity contribution >= 4 is 11.5 Å². The Bertz CT molecular complexity index is 558. The lowest BCUT2D eigenvalue weighted by Gasteiger charge is -2.10. The quantitative estimate of drug-likeness (QED) is 0.822. The van der Waals surface area contributed by atoms with Gasteiger partial charge in [-0.25, -0.2) is 0 Å². The Hall–Kier alpha value is -2.10. The maximum Gasteiger partial charge on any atom is 0.162 e. The van der Waals surface area contributed by atoms with E-state index in [1.165, 1.54) is 0 Å². The lowest BCUT2D eigenvalue weighted by Crippen LogP contribution is -2.02. The Kier molecular flexibility index (Phi) is 2.95. The number of aromatic nitrogens is 2. The third-order valence-electron chi connectivity index (χ3n) is 2.70. The van der Waals surface area contributed by atoms with Crippen molar-refractivity contribution in [3.05, 3.63) is 36.2 Å². The Balaban J connectivity index is 2.65. The number of carbonyl (C=O) groups is 1. The highest BCUT2D eigenvalue weighted by Crippen LogP contribution is 2.29. The molecule has 2 rings (SSSR count). The van der Waals surface area contributed by atoms with E-state index < -0.39 is 0 Å². The van der Waals surface area contributed by atoms with Crippen LogP contribution in [0.3, 0.4) is 0 Å². The molecule has 0 atom stereocenters. The fraction of sp³-hybridized carbons (Fsp3) is 0.231. The maximum absolute atomic E-state index is 11.8. The van der Waals surface area contributed by atoms with Crippen LogP contribution in [0.1, 0.15) is 17.3 Å². The molecule has 0 aliphatic rings. The Morgan fingerprint density at radius 1 is 1.41 bits per heavy atom. The van der Waals surface area contributed by atoms with E-state index in [0.717, 1.165) is 16.8 Å². The number of hydrogen-bond acceptors (Lipinski definition) is 3. The maximum atomic E-state index is 11.8. The SMILES string of the molecule is CNc1cccc(-c2cnn(C)c2)c1C(C)=O. The molecule has 1 N–H and O–H groups in total. The Morgan fingerprint density at radius 3 is 2.71 bits per heavy atom. The zero-order chi connectivity index (χ0) is 12.4. The molecule has 0 bridgehead atoms. The van der Waals surface area contributed by atoms with E-state index >= 15 is 0 Å². The van der Waals surface area contributed by atoms with Gasteiger partial charge in [-0.15, -0.1) is 0 Å². The van der Waals surface area contributed by atoms with E-state index in [4.69, 9.17) is 0 Å². The number of hydrogen-bond donors (Lipinski definition) is 1. The molecule has 0 amide bonds. The molecule has 17 heavy (non-hydrogen) atoms. The lowest BCUT2D eigenvalue weighted by atomic mass is 9.98. The Morgan fingerprint density at radius 2 is 2.18 bits per heavy atom. The first-order valence-electron chi connectivity index (χ1n) is 5.44. The predicted octanol–water partition coefficient (Wildman–Crippen LogP) is 2.33. The van der Waals surface area contributed by atoms with E-state index in [1.807, 2.05) is 38.5 Å². The molecule has 4 nitrogen and oxygen atoms in total. The van der Waals surface area contributed by atoms with Crippen molar-refractivity contribution in [2.75, 3.05) is 12.4 Å². The summed E-state index contributed by atoms with van der Waals surface area (Å²) in [5.41, 5.74) is 3.43. The van der Waals surface area contributed by atoms with Gasteiger partial charge in [0, 0.05) is 37.1 Å². The van der Waals surface area contributed by atoms with Crippen LogP contribution in [0.25, 0.3) is 11.1 Å². The summed E-state index contributed by atoms with van der Waals surface area (Å²) in [6.07, 6.45) is 3.67. The Labute approximate surface area is 100 Å². The summed E-state index contributed by atoms with van der Waals surface area (Å²) in [5.74, 6) is 0.0498.